The molecule has 1 atom stereocenters. The van der Waals surface area contributed by atoms with Crippen LogP contribution in [-0.2, 0) is 20.7 Å². The molecule has 2 aliphatic rings. The first-order chi connectivity index (χ1) is 15.1. The summed E-state index contributed by atoms with van der Waals surface area (Å²) >= 11 is 0. The second-order valence-electron chi connectivity index (χ2n) is 7.86. The molecule has 2 aromatic carbocycles. The first-order valence-electron chi connectivity index (χ1n) is 10.7. The summed E-state index contributed by atoms with van der Waals surface area (Å²) in [6.45, 7) is 4.50. The zero-order valence-electron chi connectivity index (χ0n) is 17.7. The predicted molar refractivity (Wildman–Crippen MR) is 118 cm³/mol. The molecule has 2 fully saturated rings. The lowest BCUT2D eigenvalue weighted by molar-refractivity contribution is -0.122. The SMILES string of the molecule is CCc1ccc(N2C[C@H](C(=O)Nc3ccccc3C(=O)N3CCOCC3)CC2=O)cc1. The topological polar surface area (TPSA) is 79.0 Å². The molecule has 1 N–H and O–H groups in total. The van der Waals surface area contributed by atoms with Crippen molar-refractivity contribution < 1.29 is 19.1 Å². The summed E-state index contributed by atoms with van der Waals surface area (Å²) in [5.41, 5.74) is 2.93. The van der Waals surface area contributed by atoms with Crippen LogP contribution in [0.25, 0.3) is 0 Å². The minimum absolute atomic E-state index is 0.0675. The van der Waals surface area contributed by atoms with E-state index in [4.69, 9.17) is 4.74 Å². The normalized spacial score (nSPS) is 18.9. The van der Waals surface area contributed by atoms with E-state index in [1.54, 1.807) is 34.1 Å². The van der Waals surface area contributed by atoms with Gasteiger partial charge in [0.25, 0.3) is 5.91 Å². The number of morpholine rings is 1. The van der Waals surface area contributed by atoms with Crippen LogP contribution in [0.3, 0.4) is 0 Å². The van der Waals surface area contributed by atoms with E-state index in [1.165, 1.54) is 5.56 Å². The molecule has 7 nitrogen and oxygen atoms in total. The number of hydrogen-bond acceptors (Lipinski definition) is 4. The van der Waals surface area contributed by atoms with Gasteiger partial charge in [-0.15, -0.1) is 0 Å². The molecular formula is C24H27N3O4. The van der Waals surface area contributed by atoms with Gasteiger partial charge in [0, 0.05) is 31.7 Å². The molecule has 2 aromatic rings. The molecule has 0 unspecified atom stereocenters. The van der Waals surface area contributed by atoms with Crippen molar-refractivity contribution in [2.45, 2.75) is 19.8 Å². The zero-order chi connectivity index (χ0) is 21.8. The molecule has 3 amide bonds. The van der Waals surface area contributed by atoms with Crippen molar-refractivity contribution >= 4 is 29.1 Å². The van der Waals surface area contributed by atoms with Crippen LogP contribution in [0.5, 0.6) is 0 Å². The molecule has 2 heterocycles. The Balaban J connectivity index is 1.45. The maximum absolute atomic E-state index is 13.0. The lowest BCUT2D eigenvalue weighted by Gasteiger charge is -2.27. The van der Waals surface area contributed by atoms with E-state index in [-0.39, 0.29) is 24.1 Å². The number of anilines is 2. The Morgan fingerprint density at radius 2 is 1.77 bits per heavy atom. The van der Waals surface area contributed by atoms with Gasteiger partial charge >= 0.3 is 0 Å². The molecule has 7 heteroatoms. The minimum Gasteiger partial charge on any atom is -0.378 e. The number of hydrogen-bond donors (Lipinski definition) is 1. The van der Waals surface area contributed by atoms with E-state index in [1.807, 2.05) is 24.3 Å². The van der Waals surface area contributed by atoms with Gasteiger partial charge in [-0.3, -0.25) is 14.4 Å². The standard InChI is InChI=1S/C24H27N3O4/c1-2-17-7-9-19(10-8-17)27-16-18(15-22(27)28)23(29)25-21-6-4-3-5-20(21)24(30)26-11-13-31-14-12-26/h3-10,18H,2,11-16H2,1H3,(H,25,29)/t18-/m1/s1. The maximum Gasteiger partial charge on any atom is 0.256 e. The number of ether oxygens (including phenoxy) is 1. The Morgan fingerprint density at radius 3 is 2.48 bits per heavy atom. The van der Waals surface area contributed by atoms with Crippen molar-refractivity contribution in [1.29, 1.82) is 0 Å². The van der Waals surface area contributed by atoms with E-state index in [9.17, 15) is 14.4 Å². The second kappa shape index (κ2) is 9.31. The van der Waals surface area contributed by atoms with Gasteiger partial charge < -0.3 is 19.9 Å². The van der Waals surface area contributed by atoms with E-state index < -0.39 is 5.92 Å². The summed E-state index contributed by atoms with van der Waals surface area (Å²) in [7, 11) is 0. The Hall–Kier alpha value is -3.19. The number of carbonyl (C=O) groups is 3. The molecule has 2 aliphatic heterocycles. The number of para-hydroxylation sites is 1. The Kier molecular flexibility index (Phi) is 6.32. The van der Waals surface area contributed by atoms with Crippen LogP contribution in [0, 0.1) is 5.92 Å². The highest BCUT2D eigenvalue weighted by Gasteiger charge is 2.35. The van der Waals surface area contributed by atoms with Gasteiger partial charge in [-0.05, 0) is 36.2 Å². The van der Waals surface area contributed by atoms with Crippen LogP contribution < -0.4 is 10.2 Å². The van der Waals surface area contributed by atoms with Crippen molar-refractivity contribution in [2.24, 2.45) is 5.92 Å². The molecule has 0 saturated carbocycles. The summed E-state index contributed by atoms with van der Waals surface area (Å²) in [5.74, 6) is -0.908. The second-order valence-corrected chi connectivity index (χ2v) is 7.86. The number of amides is 3. The van der Waals surface area contributed by atoms with Gasteiger partial charge in [-0.2, -0.15) is 0 Å². The predicted octanol–water partition coefficient (Wildman–Crippen LogP) is 2.71. The summed E-state index contributed by atoms with van der Waals surface area (Å²) < 4.78 is 5.32. The fraction of sp³-hybridized carbons (Fsp3) is 0.375. The molecule has 0 bridgehead atoms. The molecule has 31 heavy (non-hydrogen) atoms. The lowest BCUT2D eigenvalue weighted by atomic mass is 10.1. The third-order valence-electron chi connectivity index (χ3n) is 5.87. The summed E-state index contributed by atoms with van der Waals surface area (Å²) in [6, 6.07) is 14.9. The molecule has 162 valence electrons. The van der Waals surface area contributed by atoms with Gasteiger partial charge in [0.1, 0.15) is 0 Å². The van der Waals surface area contributed by atoms with Crippen molar-refractivity contribution in [3.8, 4) is 0 Å². The maximum atomic E-state index is 13.0. The number of carbonyl (C=O) groups excluding carboxylic acids is 3. The summed E-state index contributed by atoms with van der Waals surface area (Å²) in [4.78, 5) is 41.8. The number of benzene rings is 2. The quantitative estimate of drug-likeness (QED) is 0.805. The average molecular weight is 421 g/mol. The number of aryl methyl sites for hydroxylation is 1. The van der Waals surface area contributed by atoms with Crippen LogP contribution >= 0.6 is 0 Å². The number of rotatable bonds is 5. The minimum atomic E-state index is -0.468. The molecule has 4 rings (SSSR count). The van der Waals surface area contributed by atoms with Gasteiger partial charge in [-0.1, -0.05) is 31.2 Å². The molecule has 0 radical (unpaired) electrons. The van der Waals surface area contributed by atoms with Crippen LogP contribution in [0.2, 0.25) is 0 Å². The fourth-order valence-electron chi connectivity index (χ4n) is 3.99. The van der Waals surface area contributed by atoms with Crippen LogP contribution in [-0.4, -0.2) is 55.5 Å². The molecule has 0 aliphatic carbocycles. The van der Waals surface area contributed by atoms with E-state index >= 15 is 0 Å². The Bertz CT molecular complexity index is 967. The average Bonchev–Trinajstić information content (AvgIpc) is 3.21. The lowest BCUT2D eigenvalue weighted by Crippen LogP contribution is -2.41. The number of nitrogens with zero attached hydrogens (tertiary/aromatic N) is 2. The van der Waals surface area contributed by atoms with Crippen molar-refractivity contribution in [3.63, 3.8) is 0 Å². The highest BCUT2D eigenvalue weighted by Crippen LogP contribution is 2.27. The van der Waals surface area contributed by atoms with Crippen molar-refractivity contribution in [2.75, 3.05) is 43.1 Å². The molecule has 0 spiro atoms. The summed E-state index contributed by atoms with van der Waals surface area (Å²) in [5, 5.41) is 2.89. The van der Waals surface area contributed by atoms with Crippen LogP contribution in [0.4, 0.5) is 11.4 Å². The fourth-order valence-corrected chi connectivity index (χ4v) is 3.99. The largest absolute Gasteiger partial charge is 0.378 e. The zero-order valence-corrected chi connectivity index (χ0v) is 17.7. The molecular weight excluding hydrogens is 394 g/mol. The Labute approximate surface area is 182 Å². The monoisotopic (exact) mass is 421 g/mol. The van der Waals surface area contributed by atoms with Gasteiger partial charge in [0.2, 0.25) is 11.8 Å². The molecule has 0 aromatic heterocycles. The third-order valence-corrected chi connectivity index (χ3v) is 5.87. The van der Waals surface area contributed by atoms with Crippen molar-refractivity contribution in [1.82, 2.24) is 4.90 Å². The highest BCUT2D eigenvalue weighted by atomic mass is 16.5. The first kappa shape index (κ1) is 21.1. The highest BCUT2D eigenvalue weighted by molar-refractivity contribution is 6.07. The van der Waals surface area contributed by atoms with E-state index in [0.29, 0.717) is 44.1 Å². The summed E-state index contributed by atoms with van der Waals surface area (Å²) in [6.07, 6.45) is 1.09. The molecule has 2 saturated heterocycles. The van der Waals surface area contributed by atoms with Gasteiger partial charge in [-0.25, -0.2) is 0 Å². The third kappa shape index (κ3) is 4.61. The van der Waals surface area contributed by atoms with Gasteiger partial charge in [0.05, 0.1) is 30.4 Å². The smallest absolute Gasteiger partial charge is 0.256 e. The van der Waals surface area contributed by atoms with Gasteiger partial charge in [0.15, 0.2) is 0 Å². The number of nitrogens with one attached hydrogen (secondary N) is 1. The van der Waals surface area contributed by atoms with E-state index in [0.717, 1.165) is 12.1 Å². The van der Waals surface area contributed by atoms with Crippen molar-refractivity contribution in [3.05, 3.63) is 59.7 Å². The first-order valence-corrected chi connectivity index (χ1v) is 10.7. The van der Waals surface area contributed by atoms with Crippen LogP contribution in [0.15, 0.2) is 48.5 Å². The van der Waals surface area contributed by atoms with E-state index in [2.05, 4.69) is 12.2 Å². The Morgan fingerprint density at radius 1 is 1.06 bits per heavy atom. The van der Waals surface area contributed by atoms with Crippen LogP contribution in [0.1, 0.15) is 29.3 Å².